The predicted molar refractivity (Wildman–Crippen MR) is 79.1 cm³/mol. The first-order chi connectivity index (χ1) is 10.5. The quantitative estimate of drug-likeness (QED) is 0.474. The lowest BCUT2D eigenvalue weighted by Crippen LogP contribution is -2.23. The molecule has 0 N–H and O–H groups in total. The first-order valence-electron chi connectivity index (χ1n) is 6.24. The van der Waals surface area contributed by atoms with Gasteiger partial charge in [-0.1, -0.05) is 35.3 Å². The molecule has 0 aromatic heterocycles. The van der Waals surface area contributed by atoms with E-state index in [4.69, 9.17) is 28.0 Å². The van der Waals surface area contributed by atoms with Crippen molar-refractivity contribution in [3.05, 3.63) is 67.7 Å². The maximum absolute atomic E-state index is 12.7. The number of nitro benzene ring substituents is 1. The number of benzene rings is 2. The van der Waals surface area contributed by atoms with E-state index in [0.717, 1.165) is 6.07 Å². The highest BCUT2D eigenvalue weighted by Gasteiger charge is 2.71. The highest BCUT2D eigenvalue weighted by atomic mass is 35.5. The zero-order valence-electron chi connectivity index (χ0n) is 10.7. The number of nitro groups is 1. The van der Waals surface area contributed by atoms with Crippen molar-refractivity contribution in [3.8, 4) is 0 Å². The standard InChI is InChI=1S/C14H6Cl2N2O4/c15-7-5-9(16)12(11(6-7)18(20)21)14-13(19)8-3-1-2-4-10(8)17(14)22-14/h1-6H. The molecule has 22 heavy (non-hydrogen) atoms. The van der Waals surface area contributed by atoms with Gasteiger partial charge in [0.2, 0.25) is 5.78 Å². The first-order valence-corrected chi connectivity index (χ1v) is 6.99. The molecule has 2 aliphatic heterocycles. The molecule has 1 atom stereocenters. The van der Waals surface area contributed by atoms with Gasteiger partial charge in [0.05, 0.1) is 15.6 Å². The van der Waals surface area contributed by atoms with Gasteiger partial charge < -0.3 is 0 Å². The smallest absolute Gasteiger partial charge is 0.287 e. The third kappa shape index (κ3) is 1.51. The number of fused-ring (bicyclic) bond motifs is 3. The van der Waals surface area contributed by atoms with Crippen LogP contribution in [-0.4, -0.2) is 10.7 Å². The molecule has 6 nitrogen and oxygen atoms in total. The number of hydrogen-bond donors (Lipinski definition) is 0. The molecule has 4 rings (SSSR count). The Morgan fingerprint density at radius 1 is 1.23 bits per heavy atom. The summed E-state index contributed by atoms with van der Waals surface area (Å²) in [5, 5.41) is 12.8. The number of carbonyl (C=O) groups excluding carboxylic acids is 1. The van der Waals surface area contributed by atoms with Crippen LogP contribution in [0.5, 0.6) is 0 Å². The van der Waals surface area contributed by atoms with Crippen molar-refractivity contribution < 1.29 is 14.6 Å². The van der Waals surface area contributed by atoms with E-state index in [1.54, 1.807) is 24.3 Å². The fourth-order valence-electron chi connectivity index (χ4n) is 2.79. The van der Waals surface area contributed by atoms with Crippen LogP contribution in [0.2, 0.25) is 10.0 Å². The summed E-state index contributed by atoms with van der Waals surface area (Å²) in [5.74, 6) is -0.379. The molecule has 0 saturated carbocycles. The third-order valence-corrected chi connectivity index (χ3v) is 4.24. The fraction of sp³-hybridized carbons (Fsp3) is 0.0714. The maximum atomic E-state index is 12.7. The minimum absolute atomic E-state index is 0.00441. The summed E-state index contributed by atoms with van der Waals surface area (Å²) in [6.45, 7) is 0. The highest BCUT2D eigenvalue weighted by molar-refractivity contribution is 6.36. The van der Waals surface area contributed by atoms with Crippen molar-refractivity contribution in [1.82, 2.24) is 0 Å². The molecular formula is C14H6Cl2N2O4. The van der Waals surface area contributed by atoms with Gasteiger partial charge in [0, 0.05) is 16.7 Å². The molecule has 0 amide bonds. The molecular weight excluding hydrogens is 331 g/mol. The second kappa shape index (κ2) is 4.19. The van der Waals surface area contributed by atoms with Crippen LogP contribution in [0.4, 0.5) is 11.4 Å². The second-order valence-electron chi connectivity index (χ2n) is 4.91. The molecule has 0 aliphatic carbocycles. The Hall–Kier alpha value is -2.15. The molecule has 2 aromatic carbocycles. The van der Waals surface area contributed by atoms with Crippen LogP contribution in [0.25, 0.3) is 0 Å². The molecule has 1 saturated heterocycles. The van der Waals surface area contributed by atoms with Crippen molar-refractivity contribution in [2.24, 2.45) is 0 Å². The van der Waals surface area contributed by atoms with Crippen LogP contribution in [-0.2, 0) is 10.6 Å². The molecule has 1 unspecified atom stereocenters. The zero-order chi connectivity index (χ0) is 15.6. The van der Waals surface area contributed by atoms with E-state index in [1.807, 2.05) is 0 Å². The average molecular weight is 337 g/mol. The minimum Gasteiger partial charge on any atom is -0.288 e. The average Bonchev–Trinajstić information content (AvgIpc) is 3.16. The van der Waals surface area contributed by atoms with E-state index in [-0.39, 0.29) is 27.1 Å². The fourth-order valence-corrected chi connectivity index (χ4v) is 3.40. The van der Waals surface area contributed by atoms with Crippen molar-refractivity contribution >= 4 is 40.4 Å². The maximum Gasteiger partial charge on any atom is 0.287 e. The van der Waals surface area contributed by atoms with Crippen LogP contribution < -0.4 is 5.06 Å². The summed E-state index contributed by atoms with van der Waals surface area (Å²) in [5.41, 5.74) is -0.902. The largest absolute Gasteiger partial charge is 0.288 e. The van der Waals surface area contributed by atoms with E-state index in [0.29, 0.717) is 11.3 Å². The molecule has 0 radical (unpaired) electrons. The summed E-state index contributed by atoms with van der Waals surface area (Å²) in [6, 6.07) is 9.34. The number of carbonyl (C=O) groups is 1. The molecule has 110 valence electrons. The Morgan fingerprint density at radius 3 is 2.64 bits per heavy atom. The van der Waals surface area contributed by atoms with Crippen LogP contribution >= 0.6 is 23.2 Å². The Morgan fingerprint density at radius 2 is 1.95 bits per heavy atom. The second-order valence-corrected chi connectivity index (χ2v) is 5.76. The highest BCUT2D eigenvalue weighted by Crippen LogP contribution is 2.60. The zero-order valence-corrected chi connectivity index (χ0v) is 12.3. The van der Waals surface area contributed by atoms with Crippen LogP contribution in [0.15, 0.2) is 36.4 Å². The SMILES string of the molecule is O=C1c2ccccc2N2OC12c1c(Cl)cc(Cl)cc1[N+](=O)[O-]. The number of para-hydroxylation sites is 1. The Bertz CT molecular complexity index is 870. The lowest BCUT2D eigenvalue weighted by atomic mass is 9.97. The van der Waals surface area contributed by atoms with E-state index in [9.17, 15) is 14.9 Å². The predicted octanol–water partition coefficient (Wildman–Crippen LogP) is 3.70. The van der Waals surface area contributed by atoms with Crippen molar-refractivity contribution in [3.63, 3.8) is 0 Å². The number of ketones is 1. The molecule has 0 bridgehead atoms. The summed E-state index contributed by atoms with van der Waals surface area (Å²) in [4.78, 5) is 28.8. The van der Waals surface area contributed by atoms with Gasteiger partial charge in [0.25, 0.3) is 11.4 Å². The molecule has 2 aromatic rings. The van der Waals surface area contributed by atoms with Gasteiger partial charge in [-0.05, 0) is 18.2 Å². The van der Waals surface area contributed by atoms with E-state index in [1.165, 1.54) is 11.1 Å². The third-order valence-electron chi connectivity index (χ3n) is 3.72. The summed E-state index contributed by atoms with van der Waals surface area (Å²) >= 11 is 12.0. The normalized spacial score (nSPS) is 21.5. The van der Waals surface area contributed by atoms with Crippen molar-refractivity contribution in [2.75, 3.05) is 5.06 Å². The van der Waals surface area contributed by atoms with Gasteiger partial charge in [-0.25, -0.2) is 9.90 Å². The number of hydrogen-bond acceptors (Lipinski definition) is 5. The van der Waals surface area contributed by atoms with Gasteiger partial charge in [-0.2, -0.15) is 0 Å². The number of nitrogens with zero attached hydrogens (tertiary/aromatic N) is 2. The van der Waals surface area contributed by atoms with Crippen molar-refractivity contribution in [2.45, 2.75) is 5.72 Å². The lowest BCUT2D eigenvalue weighted by molar-refractivity contribution is -0.385. The molecule has 0 spiro atoms. The number of Topliss-reactive ketones (excluding diaryl/α,β-unsaturated/α-hetero) is 1. The minimum atomic E-state index is -1.56. The monoisotopic (exact) mass is 336 g/mol. The van der Waals surface area contributed by atoms with Crippen LogP contribution in [0.3, 0.4) is 0 Å². The number of anilines is 1. The van der Waals surface area contributed by atoms with Gasteiger partial charge >= 0.3 is 0 Å². The van der Waals surface area contributed by atoms with Crippen LogP contribution in [0, 0.1) is 10.1 Å². The molecule has 2 heterocycles. The van der Waals surface area contributed by atoms with E-state index < -0.39 is 10.6 Å². The lowest BCUT2D eigenvalue weighted by Gasteiger charge is -2.09. The number of rotatable bonds is 2. The number of hydroxylamine groups is 1. The van der Waals surface area contributed by atoms with Gasteiger partial charge in [-0.3, -0.25) is 14.9 Å². The molecule has 8 heteroatoms. The Kier molecular flexibility index (Phi) is 2.57. The molecule has 1 fully saturated rings. The Labute approximate surface area is 133 Å². The summed E-state index contributed by atoms with van der Waals surface area (Å²) < 4.78 is 0. The van der Waals surface area contributed by atoms with E-state index >= 15 is 0 Å². The van der Waals surface area contributed by atoms with Gasteiger partial charge in [0.1, 0.15) is 5.56 Å². The van der Waals surface area contributed by atoms with E-state index in [2.05, 4.69) is 0 Å². The topological polar surface area (TPSA) is 75.8 Å². The summed E-state index contributed by atoms with van der Waals surface area (Å²) in [6.07, 6.45) is 0. The Balaban J connectivity index is 1.97. The van der Waals surface area contributed by atoms with Gasteiger partial charge in [-0.15, -0.1) is 0 Å². The van der Waals surface area contributed by atoms with Gasteiger partial charge in [0.15, 0.2) is 0 Å². The first kappa shape index (κ1) is 13.5. The number of halogens is 2. The van der Waals surface area contributed by atoms with Crippen molar-refractivity contribution in [1.29, 1.82) is 0 Å². The molecule has 2 aliphatic rings. The summed E-state index contributed by atoms with van der Waals surface area (Å²) in [7, 11) is 0. The van der Waals surface area contributed by atoms with Crippen LogP contribution in [0.1, 0.15) is 15.9 Å².